The molecule has 1 aromatic heterocycles. The van der Waals surface area contributed by atoms with E-state index < -0.39 is 0 Å². The van der Waals surface area contributed by atoms with Gasteiger partial charge in [0.25, 0.3) is 0 Å². The SMILES string of the molecule is COc1csc(C(Br)c2ccc3c(c2)OCCCO3)c1. The number of benzene rings is 1. The molecule has 0 fully saturated rings. The molecule has 1 aliphatic rings. The number of rotatable bonds is 3. The average molecular weight is 355 g/mol. The molecule has 0 saturated carbocycles. The minimum Gasteiger partial charge on any atom is -0.496 e. The van der Waals surface area contributed by atoms with Crippen molar-refractivity contribution in [2.45, 2.75) is 11.2 Å². The number of hydrogen-bond donors (Lipinski definition) is 0. The molecule has 0 radical (unpaired) electrons. The molecule has 3 rings (SSSR count). The lowest BCUT2D eigenvalue weighted by Gasteiger charge is -2.12. The summed E-state index contributed by atoms with van der Waals surface area (Å²) in [5, 5.41) is 2.01. The zero-order valence-corrected chi connectivity index (χ0v) is 13.5. The summed E-state index contributed by atoms with van der Waals surface area (Å²) in [5.74, 6) is 2.55. The van der Waals surface area contributed by atoms with Gasteiger partial charge in [-0.05, 0) is 23.8 Å². The molecule has 1 unspecified atom stereocenters. The number of ether oxygens (including phenoxy) is 3. The Morgan fingerprint density at radius 1 is 1.20 bits per heavy atom. The Labute approximate surface area is 130 Å². The normalized spacial score (nSPS) is 15.5. The molecule has 1 aliphatic heterocycles. The van der Waals surface area contributed by atoms with Crippen LogP contribution in [0, 0.1) is 0 Å². The predicted molar refractivity (Wildman–Crippen MR) is 83.7 cm³/mol. The number of halogens is 1. The van der Waals surface area contributed by atoms with E-state index in [1.165, 1.54) is 4.88 Å². The van der Waals surface area contributed by atoms with Crippen molar-refractivity contribution in [2.24, 2.45) is 0 Å². The summed E-state index contributed by atoms with van der Waals surface area (Å²) in [4.78, 5) is 1.34. The van der Waals surface area contributed by atoms with E-state index in [1.807, 2.05) is 23.6 Å². The van der Waals surface area contributed by atoms with E-state index in [2.05, 4.69) is 22.0 Å². The summed E-state index contributed by atoms with van der Waals surface area (Å²) in [6.07, 6.45) is 0.921. The summed E-state index contributed by atoms with van der Waals surface area (Å²) >= 11 is 5.42. The zero-order valence-electron chi connectivity index (χ0n) is 11.1. The van der Waals surface area contributed by atoms with Gasteiger partial charge in [-0.15, -0.1) is 11.3 Å². The number of hydrogen-bond acceptors (Lipinski definition) is 4. The smallest absolute Gasteiger partial charge is 0.161 e. The van der Waals surface area contributed by atoms with Crippen molar-refractivity contribution in [3.63, 3.8) is 0 Å². The van der Waals surface area contributed by atoms with E-state index in [0.29, 0.717) is 13.2 Å². The first-order chi connectivity index (χ1) is 9.78. The van der Waals surface area contributed by atoms with Gasteiger partial charge in [0.05, 0.1) is 25.2 Å². The van der Waals surface area contributed by atoms with Crippen LogP contribution in [0.25, 0.3) is 0 Å². The zero-order chi connectivity index (χ0) is 13.9. The highest BCUT2D eigenvalue weighted by atomic mass is 79.9. The van der Waals surface area contributed by atoms with E-state index in [4.69, 9.17) is 14.2 Å². The van der Waals surface area contributed by atoms with E-state index in [0.717, 1.165) is 29.2 Å². The lowest BCUT2D eigenvalue weighted by Crippen LogP contribution is -1.97. The van der Waals surface area contributed by atoms with Gasteiger partial charge in [0.1, 0.15) is 5.75 Å². The second-order valence-electron chi connectivity index (χ2n) is 4.51. The number of methoxy groups -OCH3 is 1. The molecule has 0 spiro atoms. The molecular formula is C15H15BrO3S. The third kappa shape index (κ3) is 2.79. The Hall–Kier alpha value is -1.20. The maximum Gasteiger partial charge on any atom is 0.161 e. The molecule has 1 aromatic carbocycles. The van der Waals surface area contributed by atoms with Gasteiger partial charge in [-0.1, -0.05) is 22.0 Å². The minimum absolute atomic E-state index is 0.133. The van der Waals surface area contributed by atoms with E-state index >= 15 is 0 Å². The summed E-state index contributed by atoms with van der Waals surface area (Å²) in [7, 11) is 1.68. The van der Waals surface area contributed by atoms with Crippen LogP contribution >= 0.6 is 27.3 Å². The van der Waals surface area contributed by atoms with Crippen LogP contribution < -0.4 is 14.2 Å². The van der Waals surface area contributed by atoms with Crippen molar-refractivity contribution < 1.29 is 14.2 Å². The van der Waals surface area contributed by atoms with Crippen LogP contribution in [0.3, 0.4) is 0 Å². The van der Waals surface area contributed by atoms with Gasteiger partial charge in [0, 0.05) is 16.7 Å². The van der Waals surface area contributed by atoms with Crippen LogP contribution in [-0.4, -0.2) is 20.3 Å². The lowest BCUT2D eigenvalue weighted by molar-refractivity contribution is 0.297. The van der Waals surface area contributed by atoms with Gasteiger partial charge in [-0.25, -0.2) is 0 Å². The van der Waals surface area contributed by atoms with Crippen molar-refractivity contribution in [3.05, 3.63) is 40.1 Å². The number of thiophene rings is 1. The Bertz CT molecular complexity index is 597. The fourth-order valence-corrected chi connectivity index (χ4v) is 3.67. The monoisotopic (exact) mass is 354 g/mol. The topological polar surface area (TPSA) is 27.7 Å². The van der Waals surface area contributed by atoms with E-state index in [9.17, 15) is 0 Å². The standard InChI is InChI=1S/C15H15BrO3S/c1-17-11-8-14(20-9-11)15(16)10-3-4-12-13(7-10)19-6-2-5-18-12/h3-4,7-9,15H,2,5-6H2,1H3. The number of alkyl halides is 1. The average Bonchev–Trinajstić information content (AvgIpc) is 2.84. The van der Waals surface area contributed by atoms with E-state index in [1.54, 1.807) is 18.4 Å². The highest BCUT2D eigenvalue weighted by Gasteiger charge is 2.17. The van der Waals surface area contributed by atoms with Crippen molar-refractivity contribution in [2.75, 3.05) is 20.3 Å². The maximum atomic E-state index is 5.73. The Balaban J connectivity index is 1.87. The Morgan fingerprint density at radius 3 is 2.75 bits per heavy atom. The molecule has 0 N–H and O–H groups in total. The van der Waals surface area contributed by atoms with Gasteiger partial charge in [-0.2, -0.15) is 0 Å². The predicted octanol–water partition coefficient (Wildman–Crippen LogP) is 4.40. The fraction of sp³-hybridized carbons (Fsp3) is 0.333. The van der Waals surface area contributed by atoms with Crippen molar-refractivity contribution in [3.8, 4) is 17.2 Å². The summed E-state index contributed by atoms with van der Waals surface area (Å²) in [5.41, 5.74) is 1.15. The second-order valence-corrected chi connectivity index (χ2v) is 6.37. The molecule has 0 saturated heterocycles. The van der Waals surface area contributed by atoms with Gasteiger partial charge < -0.3 is 14.2 Å². The molecular weight excluding hydrogens is 340 g/mol. The second kappa shape index (κ2) is 6.06. The largest absolute Gasteiger partial charge is 0.496 e. The van der Waals surface area contributed by atoms with Crippen molar-refractivity contribution >= 4 is 27.3 Å². The first-order valence-electron chi connectivity index (χ1n) is 6.44. The molecule has 1 atom stereocenters. The highest BCUT2D eigenvalue weighted by Crippen LogP contribution is 2.40. The summed E-state index contributed by atoms with van der Waals surface area (Å²) in [6, 6.07) is 8.15. The summed E-state index contributed by atoms with van der Waals surface area (Å²) < 4.78 is 16.6. The first-order valence-corrected chi connectivity index (χ1v) is 8.23. The molecule has 2 aromatic rings. The molecule has 5 heteroatoms. The molecule has 20 heavy (non-hydrogen) atoms. The highest BCUT2D eigenvalue weighted by molar-refractivity contribution is 9.09. The molecule has 2 heterocycles. The first kappa shape index (κ1) is 13.8. The maximum absolute atomic E-state index is 5.73. The molecule has 0 bridgehead atoms. The van der Waals surface area contributed by atoms with Crippen molar-refractivity contribution in [1.82, 2.24) is 0 Å². The molecule has 0 aliphatic carbocycles. The van der Waals surface area contributed by atoms with Gasteiger partial charge in [-0.3, -0.25) is 0 Å². The van der Waals surface area contributed by atoms with Gasteiger partial charge in [0.15, 0.2) is 11.5 Å². The quantitative estimate of drug-likeness (QED) is 0.764. The van der Waals surface area contributed by atoms with Crippen LogP contribution in [0.4, 0.5) is 0 Å². The molecule has 106 valence electrons. The van der Waals surface area contributed by atoms with E-state index in [-0.39, 0.29) is 4.83 Å². The Morgan fingerprint density at radius 2 is 2.00 bits per heavy atom. The van der Waals surface area contributed by atoms with Gasteiger partial charge >= 0.3 is 0 Å². The fourth-order valence-electron chi connectivity index (χ4n) is 2.08. The van der Waals surface area contributed by atoms with Crippen LogP contribution in [0.15, 0.2) is 29.6 Å². The Kier molecular flexibility index (Phi) is 4.17. The van der Waals surface area contributed by atoms with Crippen LogP contribution in [0.1, 0.15) is 21.7 Å². The molecule has 0 amide bonds. The van der Waals surface area contributed by atoms with Crippen LogP contribution in [0.5, 0.6) is 17.2 Å². The van der Waals surface area contributed by atoms with Crippen LogP contribution in [0.2, 0.25) is 0 Å². The lowest BCUT2D eigenvalue weighted by atomic mass is 10.1. The number of fused-ring (bicyclic) bond motifs is 1. The van der Waals surface area contributed by atoms with Crippen LogP contribution in [-0.2, 0) is 0 Å². The van der Waals surface area contributed by atoms with Gasteiger partial charge in [0.2, 0.25) is 0 Å². The molecule has 3 nitrogen and oxygen atoms in total. The summed E-state index contributed by atoms with van der Waals surface area (Å²) in [6.45, 7) is 1.42. The third-order valence-electron chi connectivity index (χ3n) is 3.15. The van der Waals surface area contributed by atoms with Crippen molar-refractivity contribution in [1.29, 1.82) is 0 Å². The minimum atomic E-state index is 0.133. The third-order valence-corrected chi connectivity index (χ3v) is 5.45.